The molecule has 23 heavy (non-hydrogen) atoms. The van der Waals surface area contributed by atoms with Gasteiger partial charge in [-0.1, -0.05) is 18.2 Å². The van der Waals surface area contributed by atoms with Gasteiger partial charge in [-0.15, -0.1) is 0 Å². The average Bonchev–Trinajstić information content (AvgIpc) is 2.58. The van der Waals surface area contributed by atoms with Gasteiger partial charge in [-0.3, -0.25) is 4.90 Å². The molecule has 5 heteroatoms. The molecule has 1 aliphatic rings. The van der Waals surface area contributed by atoms with Gasteiger partial charge in [0.2, 0.25) is 0 Å². The SMILES string of the molecule is CCOc1ccccc1CN1CCN(c2ccc(Br)cn2)CC1. The van der Waals surface area contributed by atoms with Crippen LogP contribution in [-0.2, 0) is 6.54 Å². The van der Waals surface area contributed by atoms with Crippen molar-refractivity contribution >= 4 is 21.7 Å². The summed E-state index contributed by atoms with van der Waals surface area (Å²) in [6.45, 7) is 7.77. The van der Waals surface area contributed by atoms with E-state index < -0.39 is 0 Å². The minimum absolute atomic E-state index is 0.708. The number of aromatic nitrogens is 1. The summed E-state index contributed by atoms with van der Waals surface area (Å²) in [5.41, 5.74) is 1.27. The lowest BCUT2D eigenvalue weighted by Gasteiger charge is -2.35. The van der Waals surface area contributed by atoms with Crippen LogP contribution in [0.1, 0.15) is 12.5 Å². The molecule has 0 aliphatic carbocycles. The molecule has 122 valence electrons. The molecule has 0 unspecified atom stereocenters. The Morgan fingerprint density at radius 2 is 1.87 bits per heavy atom. The molecule has 4 nitrogen and oxygen atoms in total. The lowest BCUT2D eigenvalue weighted by molar-refractivity contribution is 0.243. The Bertz CT molecular complexity index is 624. The number of pyridine rings is 1. The highest BCUT2D eigenvalue weighted by Gasteiger charge is 2.19. The van der Waals surface area contributed by atoms with Crippen LogP contribution in [0.3, 0.4) is 0 Å². The molecule has 2 aromatic rings. The van der Waals surface area contributed by atoms with Gasteiger partial charge in [-0.05, 0) is 41.1 Å². The van der Waals surface area contributed by atoms with Crippen molar-refractivity contribution in [3.63, 3.8) is 0 Å². The van der Waals surface area contributed by atoms with Crippen LogP contribution in [0.5, 0.6) is 5.75 Å². The van der Waals surface area contributed by atoms with Gasteiger partial charge >= 0.3 is 0 Å². The zero-order valence-corrected chi connectivity index (χ0v) is 15.0. The monoisotopic (exact) mass is 375 g/mol. The van der Waals surface area contributed by atoms with Gasteiger partial charge in [0.25, 0.3) is 0 Å². The molecule has 0 saturated carbocycles. The molecular formula is C18H22BrN3O. The van der Waals surface area contributed by atoms with Crippen LogP contribution in [0.4, 0.5) is 5.82 Å². The Kier molecular flexibility index (Phi) is 5.51. The van der Waals surface area contributed by atoms with E-state index in [0.717, 1.165) is 48.8 Å². The predicted octanol–water partition coefficient (Wildman–Crippen LogP) is 3.57. The Labute approximate surface area is 146 Å². The van der Waals surface area contributed by atoms with E-state index in [0.29, 0.717) is 6.61 Å². The quantitative estimate of drug-likeness (QED) is 0.798. The highest BCUT2D eigenvalue weighted by atomic mass is 79.9. The zero-order chi connectivity index (χ0) is 16.1. The molecular weight excluding hydrogens is 354 g/mol. The number of hydrogen-bond acceptors (Lipinski definition) is 4. The summed E-state index contributed by atoms with van der Waals surface area (Å²) in [6, 6.07) is 12.5. The third-order valence-corrected chi connectivity index (χ3v) is 4.54. The normalized spacial score (nSPS) is 15.7. The molecule has 0 spiro atoms. The van der Waals surface area contributed by atoms with Crippen molar-refractivity contribution in [3.8, 4) is 5.75 Å². The summed E-state index contributed by atoms with van der Waals surface area (Å²) >= 11 is 3.43. The van der Waals surface area contributed by atoms with Crippen molar-refractivity contribution in [3.05, 3.63) is 52.6 Å². The van der Waals surface area contributed by atoms with E-state index in [4.69, 9.17) is 4.74 Å². The number of anilines is 1. The van der Waals surface area contributed by atoms with Gasteiger partial charge in [-0.2, -0.15) is 0 Å². The number of para-hydroxylation sites is 1. The fourth-order valence-corrected chi connectivity index (χ4v) is 3.10. The van der Waals surface area contributed by atoms with Crippen LogP contribution in [0.2, 0.25) is 0 Å². The Morgan fingerprint density at radius 1 is 1.09 bits per heavy atom. The Balaban J connectivity index is 1.58. The van der Waals surface area contributed by atoms with Gasteiger partial charge in [0.1, 0.15) is 11.6 Å². The first-order chi connectivity index (χ1) is 11.3. The van der Waals surface area contributed by atoms with Crippen molar-refractivity contribution in [2.45, 2.75) is 13.5 Å². The summed E-state index contributed by atoms with van der Waals surface area (Å²) in [6.07, 6.45) is 1.86. The fourth-order valence-electron chi connectivity index (χ4n) is 2.86. The third kappa shape index (κ3) is 4.24. The van der Waals surface area contributed by atoms with Gasteiger partial charge in [0, 0.05) is 49.0 Å². The van der Waals surface area contributed by atoms with Crippen molar-refractivity contribution in [2.75, 3.05) is 37.7 Å². The molecule has 0 N–H and O–H groups in total. The Morgan fingerprint density at radius 3 is 2.57 bits per heavy atom. The van der Waals surface area contributed by atoms with Crippen molar-refractivity contribution in [1.82, 2.24) is 9.88 Å². The van der Waals surface area contributed by atoms with E-state index in [1.807, 2.05) is 25.3 Å². The summed E-state index contributed by atoms with van der Waals surface area (Å²) in [5.74, 6) is 2.06. The van der Waals surface area contributed by atoms with Crippen LogP contribution in [0.15, 0.2) is 47.1 Å². The highest BCUT2D eigenvalue weighted by molar-refractivity contribution is 9.10. The van der Waals surface area contributed by atoms with Crippen molar-refractivity contribution in [1.29, 1.82) is 0 Å². The first-order valence-corrected chi connectivity index (χ1v) is 8.85. The molecule has 2 heterocycles. The van der Waals surface area contributed by atoms with E-state index in [9.17, 15) is 0 Å². The topological polar surface area (TPSA) is 28.6 Å². The summed E-state index contributed by atoms with van der Waals surface area (Å²) < 4.78 is 6.75. The lowest BCUT2D eigenvalue weighted by Crippen LogP contribution is -2.46. The summed E-state index contributed by atoms with van der Waals surface area (Å²) in [7, 11) is 0. The van der Waals surface area contributed by atoms with Crippen LogP contribution in [0.25, 0.3) is 0 Å². The maximum atomic E-state index is 5.73. The minimum Gasteiger partial charge on any atom is -0.494 e. The van der Waals surface area contributed by atoms with E-state index in [2.05, 4.69) is 55.0 Å². The highest BCUT2D eigenvalue weighted by Crippen LogP contribution is 2.22. The van der Waals surface area contributed by atoms with E-state index in [-0.39, 0.29) is 0 Å². The number of rotatable bonds is 5. The second-order valence-electron chi connectivity index (χ2n) is 5.64. The Hall–Kier alpha value is -1.59. The third-order valence-electron chi connectivity index (χ3n) is 4.07. The van der Waals surface area contributed by atoms with E-state index in [1.165, 1.54) is 5.56 Å². The predicted molar refractivity (Wildman–Crippen MR) is 97.0 cm³/mol. The van der Waals surface area contributed by atoms with Crippen LogP contribution < -0.4 is 9.64 Å². The molecule has 0 atom stereocenters. The number of halogens is 1. The first-order valence-electron chi connectivity index (χ1n) is 8.06. The van der Waals surface area contributed by atoms with Crippen molar-refractivity contribution < 1.29 is 4.74 Å². The maximum absolute atomic E-state index is 5.73. The molecule has 0 amide bonds. The molecule has 0 bridgehead atoms. The maximum Gasteiger partial charge on any atom is 0.128 e. The minimum atomic E-state index is 0.708. The van der Waals surface area contributed by atoms with E-state index in [1.54, 1.807) is 0 Å². The average molecular weight is 376 g/mol. The van der Waals surface area contributed by atoms with Gasteiger partial charge < -0.3 is 9.64 Å². The summed E-state index contributed by atoms with van der Waals surface area (Å²) in [4.78, 5) is 9.31. The molecule has 1 aromatic heterocycles. The number of nitrogens with zero attached hydrogens (tertiary/aromatic N) is 3. The second-order valence-corrected chi connectivity index (χ2v) is 6.55. The number of piperazine rings is 1. The molecule has 0 radical (unpaired) electrons. The lowest BCUT2D eigenvalue weighted by atomic mass is 10.1. The largest absolute Gasteiger partial charge is 0.494 e. The fraction of sp³-hybridized carbons (Fsp3) is 0.389. The smallest absolute Gasteiger partial charge is 0.128 e. The van der Waals surface area contributed by atoms with Crippen LogP contribution in [0, 0.1) is 0 Å². The van der Waals surface area contributed by atoms with Crippen LogP contribution in [-0.4, -0.2) is 42.7 Å². The van der Waals surface area contributed by atoms with Gasteiger partial charge in [0.05, 0.1) is 6.61 Å². The van der Waals surface area contributed by atoms with Crippen molar-refractivity contribution in [2.24, 2.45) is 0 Å². The molecule has 1 fully saturated rings. The number of hydrogen-bond donors (Lipinski definition) is 0. The molecule has 1 saturated heterocycles. The first kappa shape index (κ1) is 16.3. The number of benzene rings is 1. The van der Waals surface area contributed by atoms with Gasteiger partial charge in [-0.25, -0.2) is 4.98 Å². The standard InChI is InChI=1S/C18H22BrN3O/c1-2-23-17-6-4-3-5-15(17)14-21-9-11-22(12-10-21)18-8-7-16(19)13-20-18/h3-8,13H,2,9-12,14H2,1H3. The van der Waals surface area contributed by atoms with Crippen LogP contribution >= 0.6 is 15.9 Å². The molecule has 1 aromatic carbocycles. The van der Waals surface area contributed by atoms with E-state index >= 15 is 0 Å². The second kappa shape index (κ2) is 7.79. The van der Waals surface area contributed by atoms with Gasteiger partial charge in [0.15, 0.2) is 0 Å². The molecule has 1 aliphatic heterocycles. The molecule has 3 rings (SSSR count). The zero-order valence-electron chi connectivity index (χ0n) is 13.4. The summed E-state index contributed by atoms with van der Waals surface area (Å²) in [5, 5.41) is 0. The number of ether oxygens (including phenoxy) is 1.